The van der Waals surface area contributed by atoms with Crippen molar-refractivity contribution in [1.82, 2.24) is 0 Å². The molecule has 0 atom stereocenters. The fourth-order valence-corrected chi connectivity index (χ4v) is 2.39. The molecule has 0 amide bonds. The van der Waals surface area contributed by atoms with Gasteiger partial charge in [0.25, 0.3) is 0 Å². The van der Waals surface area contributed by atoms with Crippen LogP contribution in [0.3, 0.4) is 0 Å². The Morgan fingerprint density at radius 2 is 1.43 bits per heavy atom. The predicted octanol–water partition coefficient (Wildman–Crippen LogP) is 2.54. The first kappa shape index (κ1) is 9.72. The van der Waals surface area contributed by atoms with Crippen molar-refractivity contribution < 1.29 is 5.11 Å². The third-order valence-corrected chi connectivity index (χ3v) is 3.35. The summed E-state index contributed by atoms with van der Waals surface area (Å²) in [4.78, 5) is 0. The fourth-order valence-electron chi connectivity index (χ4n) is 2.39. The molecule has 1 N–H and O–H groups in total. The van der Waals surface area contributed by atoms with Gasteiger partial charge in [-0.2, -0.15) is 0 Å². The zero-order valence-electron chi connectivity index (χ0n) is 9.01. The highest BCUT2D eigenvalue weighted by Crippen LogP contribution is 2.26. The van der Waals surface area contributed by atoms with Gasteiger partial charge in [-0.3, -0.25) is 0 Å². The average molecular weight is 190 g/mol. The Hall–Kier alpha value is -0.820. The second kappa shape index (κ2) is 3.74. The summed E-state index contributed by atoms with van der Waals surface area (Å²) in [6.07, 6.45) is 3.85. The van der Waals surface area contributed by atoms with Gasteiger partial charge < -0.3 is 5.11 Å². The zero-order valence-corrected chi connectivity index (χ0v) is 9.01. The van der Waals surface area contributed by atoms with Gasteiger partial charge in [0.15, 0.2) is 0 Å². The minimum atomic E-state index is -0.0961. The number of rotatable bonds is 0. The second-order valence-corrected chi connectivity index (χ2v) is 4.39. The minimum Gasteiger partial charge on any atom is -0.393 e. The summed E-state index contributed by atoms with van der Waals surface area (Å²) in [5.41, 5.74) is 5.75. The summed E-state index contributed by atoms with van der Waals surface area (Å²) >= 11 is 0. The standard InChI is InChI=1S/C13H18O/c1-9-3-4-10(2)13-8-6-11(14)5-7-12(9)13/h3-4,11,14H,5-8H2,1-2H3. The molecule has 0 unspecified atom stereocenters. The van der Waals surface area contributed by atoms with Crippen LogP contribution in [0.1, 0.15) is 35.1 Å². The summed E-state index contributed by atoms with van der Waals surface area (Å²) in [5, 5.41) is 9.64. The zero-order chi connectivity index (χ0) is 10.1. The minimum absolute atomic E-state index is 0.0961. The summed E-state index contributed by atoms with van der Waals surface area (Å²) in [6.45, 7) is 4.35. The molecule has 0 saturated carbocycles. The van der Waals surface area contributed by atoms with Gasteiger partial charge in [-0.15, -0.1) is 0 Å². The number of benzene rings is 1. The third-order valence-electron chi connectivity index (χ3n) is 3.35. The van der Waals surface area contributed by atoms with E-state index in [-0.39, 0.29) is 6.10 Å². The van der Waals surface area contributed by atoms with Crippen molar-refractivity contribution in [2.24, 2.45) is 0 Å². The van der Waals surface area contributed by atoms with Crippen LogP contribution in [0.4, 0.5) is 0 Å². The first-order valence-corrected chi connectivity index (χ1v) is 5.44. The van der Waals surface area contributed by atoms with E-state index in [1.807, 2.05) is 0 Å². The Balaban J connectivity index is 2.44. The van der Waals surface area contributed by atoms with Crippen LogP contribution in [0.25, 0.3) is 0 Å². The molecule has 1 nitrogen and oxygen atoms in total. The number of aliphatic hydroxyl groups excluding tert-OH is 1. The quantitative estimate of drug-likeness (QED) is 0.623. The average Bonchev–Trinajstić information content (AvgIpc) is 2.35. The SMILES string of the molecule is Cc1ccc(C)c2c1CCC(O)CC2. The monoisotopic (exact) mass is 190 g/mol. The smallest absolute Gasteiger partial charge is 0.0546 e. The van der Waals surface area contributed by atoms with Gasteiger partial charge in [0.05, 0.1) is 6.10 Å². The van der Waals surface area contributed by atoms with Crippen LogP contribution in [-0.2, 0) is 12.8 Å². The summed E-state index contributed by atoms with van der Waals surface area (Å²) in [5.74, 6) is 0. The molecular weight excluding hydrogens is 172 g/mol. The molecule has 0 bridgehead atoms. The van der Waals surface area contributed by atoms with E-state index < -0.39 is 0 Å². The van der Waals surface area contributed by atoms with E-state index in [1.165, 1.54) is 22.3 Å². The van der Waals surface area contributed by atoms with Crippen LogP contribution >= 0.6 is 0 Å². The lowest BCUT2D eigenvalue weighted by Gasteiger charge is -2.11. The van der Waals surface area contributed by atoms with Gasteiger partial charge in [0.1, 0.15) is 0 Å². The van der Waals surface area contributed by atoms with Crippen molar-refractivity contribution >= 4 is 0 Å². The molecule has 0 fully saturated rings. The topological polar surface area (TPSA) is 20.2 Å². The van der Waals surface area contributed by atoms with Gasteiger partial charge in [-0.25, -0.2) is 0 Å². The largest absolute Gasteiger partial charge is 0.393 e. The maximum absolute atomic E-state index is 9.64. The second-order valence-electron chi connectivity index (χ2n) is 4.39. The first-order chi connectivity index (χ1) is 6.68. The molecule has 0 aromatic heterocycles. The number of hydrogen-bond donors (Lipinski definition) is 1. The van der Waals surface area contributed by atoms with Gasteiger partial charge in [0, 0.05) is 0 Å². The van der Waals surface area contributed by atoms with E-state index in [9.17, 15) is 5.11 Å². The van der Waals surface area contributed by atoms with Crippen LogP contribution in [0, 0.1) is 13.8 Å². The van der Waals surface area contributed by atoms with Crippen molar-refractivity contribution in [3.8, 4) is 0 Å². The van der Waals surface area contributed by atoms with Gasteiger partial charge in [0.2, 0.25) is 0 Å². The van der Waals surface area contributed by atoms with Crippen LogP contribution in [0.5, 0.6) is 0 Å². The number of fused-ring (bicyclic) bond motifs is 1. The number of hydrogen-bond acceptors (Lipinski definition) is 1. The molecule has 1 aliphatic rings. The highest BCUT2D eigenvalue weighted by molar-refractivity contribution is 5.41. The van der Waals surface area contributed by atoms with Crippen molar-refractivity contribution in [2.75, 3.05) is 0 Å². The van der Waals surface area contributed by atoms with Crippen LogP contribution < -0.4 is 0 Å². The maximum atomic E-state index is 9.64. The van der Waals surface area contributed by atoms with E-state index in [1.54, 1.807) is 0 Å². The molecule has 1 aromatic carbocycles. The summed E-state index contributed by atoms with van der Waals surface area (Å²) in [7, 11) is 0. The van der Waals surface area contributed by atoms with E-state index in [2.05, 4.69) is 26.0 Å². The molecule has 0 aliphatic heterocycles. The van der Waals surface area contributed by atoms with Crippen LogP contribution in [-0.4, -0.2) is 11.2 Å². The lowest BCUT2D eigenvalue weighted by Crippen LogP contribution is -2.05. The Labute approximate surface area is 85.8 Å². The third kappa shape index (κ3) is 1.69. The van der Waals surface area contributed by atoms with Crippen LogP contribution in [0.2, 0.25) is 0 Å². The predicted molar refractivity (Wildman–Crippen MR) is 58.6 cm³/mol. The Kier molecular flexibility index (Phi) is 2.60. The van der Waals surface area contributed by atoms with Gasteiger partial charge in [-0.05, 0) is 61.8 Å². The Morgan fingerprint density at radius 3 is 1.86 bits per heavy atom. The number of aryl methyl sites for hydroxylation is 2. The Morgan fingerprint density at radius 1 is 1.00 bits per heavy atom. The lowest BCUT2D eigenvalue weighted by atomic mass is 9.94. The van der Waals surface area contributed by atoms with Crippen LogP contribution in [0.15, 0.2) is 12.1 Å². The van der Waals surface area contributed by atoms with E-state index in [0.29, 0.717) is 0 Å². The molecule has 2 rings (SSSR count). The highest BCUT2D eigenvalue weighted by atomic mass is 16.3. The molecule has 0 saturated heterocycles. The molecule has 14 heavy (non-hydrogen) atoms. The normalized spacial score (nSPS) is 17.6. The van der Waals surface area contributed by atoms with Gasteiger partial charge in [-0.1, -0.05) is 12.1 Å². The van der Waals surface area contributed by atoms with Crippen molar-refractivity contribution in [1.29, 1.82) is 0 Å². The van der Waals surface area contributed by atoms with Crippen molar-refractivity contribution in [2.45, 2.75) is 45.6 Å². The molecule has 0 spiro atoms. The molecule has 1 heteroatoms. The summed E-state index contributed by atoms with van der Waals surface area (Å²) < 4.78 is 0. The Bertz CT molecular complexity index is 308. The summed E-state index contributed by atoms with van der Waals surface area (Å²) in [6, 6.07) is 4.40. The van der Waals surface area contributed by atoms with Crippen molar-refractivity contribution in [3.63, 3.8) is 0 Å². The van der Waals surface area contributed by atoms with E-state index >= 15 is 0 Å². The molecule has 0 heterocycles. The molecule has 1 aliphatic carbocycles. The lowest BCUT2D eigenvalue weighted by molar-refractivity contribution is 0.158. The van der Waals surface area contributed by atoms with Gasteiger partial charge >= 0.3 is 0 Å². The molecule has 1 aromatic rings. The fraction of sp³-hybridized carbons (Fsp3) is 0.538. The number of aliphatic hydroxyl groups is 1. The van der Waals surface area contributed by atoms with E-state index in [0.717, 1.165) is 25.7 Å². The molecular formula is C13H18O. The molecule has 76 valence electrons. The maximum Gasteiger partial charge on any atom is 0.0546 e. The highest BCUT2D eigenvalue weighted by Gasteiger charge is 2.16. The van der Waals surface area contributed by atoms with E-state index in [4.69, 9.17) is 0 Å². The van der Waals surface area contributed by atoms with Crippen molar-refractivity contribution in [3.05, 3.63) is 34.4 Å². The molecule has 0 radical (unpaired) electrons. The first-order valence-electron chi connectivity index (χ1n) is 5.44.